The molecule has 1 aromatic heterocycles. The van der Waals surface area contributed by atoms with Crippen molar-refractivity contribution in [3.05, 3.63) is 81.6 Å². The molecular weight excluding hydrogens is 346 g/mol. The highest BCUT2D eigenvalue weighted by molar-refractivity contribution is 5.79. The molecule has 0 unspecified atom stereocenters. The molecule has 1 N–H and O–H groups in total. The van der Waals surface area contributed by atoms with Gasteiger partial charge in [0.05, 0.1) is 0 Å². The summed E-state index contributed by atoms with van der Waals surface area (Å²) < 4.78 is 0. The fraction of sp³-hybridized carbons (Fsp3) is 0.375. The topological polar surface area (TPSA) is 39.3 Å². The monoisotopic (exact) mass is 375 g/mol. The number of fused-ring (bicyclic) bond motifs is 1. The average Bonchev–Trinajstić information content (AvgIpc) is 2.73. The number of hydrogen-bond donors (Lipinski definition) is 1. The van der Waals surface area contributed by atoms with Crippen LogP contribution in [-0.4, -0.2) is 47.5 Å². The summed E-state index contributed by atoms with van der Waals surface area (Å²) in [5.41, 5.74) is 4.53. The number of aromatic amines is 1. The lowest BCUT2D eigenvalue weighted by molar-refractivity contribution is 0.128. The third kappa shape index (κ3) is 4.51. The second-order valence-electron chi connectivity index (χ2n) is 7.75. The number of benzene rings is 2. The predicted molar refractivity (Wildman–Crippen MR) is 116 cm³/mol. The zero-order valence-electron chi connectivity index (χ0n) is 16.7. The highest BCUT2D eigenvalue weighted by atomic mass is 16.1. The van der Waals surface area contributed by atoms with Gasteiger partial charge in [0.2, 0.25) is 0 Å². The molecule has 0 spiro atoms. The van der Waals surface area contributed by atoms with Crippen molar-refractivity contribution in [2.75, 3.05) is 32.7 Å². The van der Waals surface area contributed by atoms with E-state index in [1.54, 1.807) is 0 Å². The number of aromatic nitrogens is 1. The minimum absolute atomic E-state index is 0.0409. The number of pyridine rings is 1. The van der Waals surface area contributed by atoms with Gasteiger partial charge in [-0.1, -0.05) is 49.4 Å². The minimum atomic E-state index is 0.0409. The molecule has 4 heteroatoms. The Bertz CT molecular complexity index is 972. The third-order valence-electron chi connectivity index (χ3n) is 5.80. The molecule has 1 fully saturated rings. The standard InChI is InChI=1S/C24H29N3O/c1-2-21-17-22-9-8-20(16-23(22)25-24(21)28)18-27-14-12-26(13-15-27)11-10-19-6-4-3-5-7-19/h3-9,16-17H,2,10-15,18H2,1H3,(H,25,28). The molecule has 0 atom stereocenters. The Morgan fingerprint density at radius 2 is 1.64 bits per heavy atom. The third-order valence-corrected chi connectivity index (χ3v) is 5.80. The average molecular weight is 376 g/mol. The van der Waals surface area contributed by atoms with Crippen molar-refractivity contribution in [1.29, 1.82) is 0 Å². The molecule has 1 saturated heterocycles. The minimum Gasteiger partial charge on any atom is -0.322 e. The van der Waals surface area contributed by atoms with Gasteiger partial charge in [-0.3, -0.25) is 9.69 Å². The molecule has 1 aliphatic heterocycles. The summed E-state index contributed by atoms with van der Waals surface area (Å²) in [4.78, 5) is 20.2. The van der Waals surface area contributed by atoms with Gasteiger partial charge in [0.1, 0.15) is 0 Å². The normalized spacial score (nSPS) is 15.9. The summed E-state index contributed by atoms with van der Waals surface area (Å²) in [6.07, 6.45) is 1.89. The van der Waals surface area contributed by atoms with Gasteiger partial charge in [-0.05, 0) is 41.5 Å². The molecule has 0 aliphatic carbocycles. The van der Waals surface area contributed by atoms with Gasteiger partial charge >= 0.3 is 0 Å². The summed E-state index contributed by atoms with van der Waals surface area (Å²) >= 11 is 0. The zero-order valence-corrected chi connectivity index (χ0v) is 16.7. The van der Waals surface area contributed by atoms with Crippen molar-refractivity contribution in [3.8, 4) is 0 Å². The van der Waals surface area contributed by atoms with Crippen LogP contribution in [0, 0.1) is 0 Å². The van der Waals surface area contributed by atoms with E-state index < -0.39 is 0 Å². The van der Waals surface area contributed by atoms with Gasteiger partial charge in [0, 0.05) is 50.3 Å². The first kappa shape index (κ1) is 18.9. The molecule has 4 nitrogen and oxygen atoms in total. The molecule has 28 heavy (non-hydrogen) atoms. The van der Waals surface area contributed by atoms with Gasteiger partial charge < -0.3 is 9.88 Å². The number of H-pyrrole nitrogens is 1. The lowest BCUT2D eigenvalue weighted by Crippen LogP contribution is -2.46. The quantitative estimate of drug-likeness (QED) is 0.717. The van der Waals surface area contributed by atoms with E-state index in [4.69, 9.17) is 0 Å². The van der Waals surface area contributed by atoms with Crippen LogP contribution in [0.25, 0.3) is 10.9 Å². The van der Waals surface area contributed by atoms with E-state index in [0.29, 0.717) is 0 Å². The second kappa shape index (κ2) is 8.72. The maximum atomic E-state index is 12.1. The van der Waals surface area contributed by atoms with Crippen LogP contribution in [0.15, 0.2) is 59.4 Å². The van der Waals surface area contributed by atoms with Crippen LogP contribution in [0.4, 0.5) is 0 Å². The molecule has 4 rings (SSSR count). The zero-order chi connectivity index (χ0) is 19.3. The molecular formula is C24H29N3O. The molecule has 0 saturated carbocycles. The van der Waals surface area contributed by atoms with E-state index in [-0.39, 0.29) is 5.56 Å². The molecule has 2 aromatic carbocycles. The summed E-state index contributed by atoms with van der Waals surface area (Å²) in [6, 6.07) is 19.2. The van der Waals surface area contributed by atoms with Crippen molar-refractivity contribution >= 4 is 10.9 Å². The van der Waals surface area contributed by atoms with E-state index in [0.717, 1.165) is 68.6 Å². The Hall–Kier alpha value is -2.43. The van der Waals surface area contributed by atoms with Gasteiger partial charge in [0.15, 0.2) is 0 Å². The first-order valence-electron chi connectivity index (χ1n) is 10.3. The molecule has 0 amide bonds. The Kier molecular flexibility index (Phi) is 5.89. The van der Waals surface area contributed by atoms with Gasteiger partial charge in [0.25, 0.3) is 5.56 Å². The molecule has 3 aromatic rings. The molecule has 2 heterocycles. The van der Waals surface area contributed by atoms with Crippen LogP contribution >= 0.6 is 0 Å². The highest BCUT2D eigenvalue weighted by Gasteiger charge is 2.17. The summed E-state index contributed by atoms with van der Waals surface area (Å²) in [5, 5.41) is 1.12. The van der Waals surface area contributed by atoms with Gasteiger partial charge in [-0.25, -0.2) is 0 Å². The summed E-state index contributed by atoms with van der Waals surface area (Å²) in [7, 11) is 0. The molecule has 146 valence electrons. The number of aryl methyl sites for hydroxylation is 1. The first-order valence-corrected chi connectivity index (χ1v) is 10.3. The van der Waals surface area contributed by atoms with Crippen LogP contribution in [0.1, 0.15) is 23.6 Å². The van der Waals surface area contributed by atoms with Crippen molar-refractivity contribution in [1.82, 2.24) is 14.8 Å². The largest absolute Gasteiger partial charge is 0.322 e. The summed E-state index contributed by atoms with van der Waals surface area (Å²) in [6.45, 7) is 8.53. The van der Waals surface area contributed by atoms with Crippen molar-refractivity contribution in [2.24, 2.45) is 0 Å². The second-order valence-corrected chi connectivity index (χ2v) is 7.75. The van der Waals surface area contributed by atoms with E-state index in [1.165, 1.54) is 11.1 Å². The number of nitrogens with one attached hydrogen (secondary N) is 1. The molecule has 0 bridgehead atoms. The van der Waals surface area contributed by atoms with E-state index in [1.807, 2.05) is 13.0 Å². The van der Waals surface area contributed by atoms with Crippen molar-refractivity contribution < 1.29 is 0 Å². The number of hydrogen-bond acceptors (Lipinski definition) is 3. The summed E-state index contributed by atoms with van der Waals surface area (Å²) in [5.74, 6) is 0. The maximum Gasteiger partial charge on any atom is 0.251 e. The number of piperazine rings is 1. The number of nitrogens with zero attached hydrogens (tertiary/aromatic N) is 2. The van der Waals surface area contributed by atoms with Crippen LogP contribution in [0.2, 0.25) is 0 Å². The van der Waals surface area contributed by atoms with Crippen molar-refractivity contribution in [3.63, 3.8) is 0 Å². The van der Waals surface area contributed by atoms with Crippen molar-refractivity contribution in [2.45, 2.75) is 26.3 Å². The first-order chi connectivity index (χ1) is 13.7. The number of rotatable bonds is 6. The fourth-order valence-corrected chi connectivity index (χ4v) is 4.02. The lowest BCUT2D eigenvalue weighted by Gasteiger charge is -2.34. The van der Waals surface area contributed by atoms with Crippen LogP contribution in [-0.2, 0) is 19.4 Å². The Labute approximate surface area is 166 Å². The Balaban J connectivity index is 1.32. The van der Waals surface area contributed by atoms with E-state index in [9.17, 15) is 4.79 Å². The molecule has 1 aliphatic rings. The smallest absolute Gasteiger partial charge is 0.251 e. The van der Waals surface area contributed by atoms with E-state index in [2.05, 4.69) is 63.3 Å². The van der Waals surface area contributed by atoms with Gasteiger partial charge in [-0.15, -0.1) is 0 Å². The SMILES string of the molecule is CCc1cc2ccc(CN3CCN(CCc4ccccc4)CC3)cc2[nH]c1=O. The van der Waals surface area contributed by atoms with Crippen LogP contribution in [0.5, 0.6) is 0 Å². The van der Waals surface area contributed by atoms with Crippen LogP contribution in [0.3, 0.4) is 0 Å². The highest BCUT2D eigenvalue weighted by Crippen LogP contribution is 2.16. The maximum absolute atomic E-state index is 12.1. The molecule has 0 radical (unpaired) electrons. The predicted octanol–water partition coefficient (Wildman–Crippen LogP) is 3.45. The Morgan fingerprint density at radius 3 is 2.39 bits per heavy atom. The Morgan fingerprint density at radius 1 is 0.893 bits per heavy atom. The van der Waals surface area contributed by atoms with Crippen LogP contribution < -0.4 is 5.56 Å². The fourth-order valence-electron chi connectivity index (χ4n) is 4.02. The van der Waals surface area contributed by atoms with Gasteiger partial charge in [-0.2, -0.15) is 0 Å². The van der Waals surface area contributed by atoms with E-state index >= 15 is 0 Å². The lowest BCUT2D eigenvalue weighted by atomic mass is 10.1.